The first kappa shape index (κ1) is 15.0. The third kappa shape index (κ3) is 5.23. The van der Waals surface area contributed by atoms with Gasteiger partial charge < -0.3 is 19.0 Å². The maximum atomic E-state index is 10.3. The molecule has 0 aliphatic carbocycles. The van der Waals surface area contributed by atoms with Crippen molar-refractivity contribution in [3.63, 3.8) is 0 Å². The molecule has 0 fully saturated rings. The van der Waals surface area contributed by atoms with Crippen molar-refractivity contribution in [3.05, 3.63) is 41.6 Å². The highest BCUT2D eigenvalue weighted by Gasteiger charge is 2.07. The monoisotopic (exact) mass is 292 g/mol. The molecule has 21 heavy (non-hydrogen) atoms. The van der Waals surface area contributed by atoms with E-state index < -0.39 is 12.6 Å². The average Bonchev–Trinajstić information content (AvgIpc) is 2.86. The van der Waals surface area contributed by atoms with Gasteiger partial charge in [0.05, 0.1) is 13.0 Å². The number of aryl methyl sites for hydroxylation is 1. The summed E-state index contributed by atoms with van der Waals surface area (Å²) in [7, 11) is 0. The van der Waals surface area contributed by atoms with Gasteiger partial charge in [-0.2, -0.15) is 0 Å². The zero-order valence-electron chi connectivity index (χ0n) is 11.6. The van der Waals surface area contributed by atoms with Crippen LogP contribution in [-0.4, -0.2) is 34.5 Å². The highest BCUT2D eigenvalue weighted by Crippen LogP contribution is 2.12. The van der Waals surface area contributed by atoms with E-state index >= 15 is 0 Å². The Balaban J connectivity index is 1.74. The van der Waals surface area contributed by atoms with E-state index in [2.05, 4.69) is 10.2 Å². The van der Waals surface area contributed by atoms with Gasteiger partial charge >= 0.3 is 5.97 Å². The summed E-state index contributed by atoms with van der Waals surface area (Å²) >= 11 is 0. The summed E-state index contributed by atoms with van der Waals surface area (Å²) in [6.45, 7) is 2.00. The van der Waals surface area contributed by atoms with Crippen LogP contribution in [0.3, 0.4) is 0 Å². The van der Waals surface area contributed by atoms with Crippen molar-refractivity contribution in [2.75, 3.05) is 13.2 Å². The van der Waals surface area contributed by atoms with Crippen LogP contribution in [0.15, 0.2) is 28.7 Å². The van der Waals surface area contributed by atoms with Crippen molar-refractivity contribution in [2.24, 2.45) is 0 Å². The number of nitrogens with zero attached hydrogens (tertiary/aromatic N) is 2. The van der Waals surface area contributed by atoms with Gasteiger partial charge in [0.1, 0.15) is 19.0 Å². The van der Waals surface area contributed by atoms with Gasteiger partial charge in [0, 0.05) is 0 Å². The van der Waals surface area contributed by atoms with E-state index in [0.717, 1.165) is 11.3 Å². The van der Waals surface area contributed by atoms with E-state index in [1.807, 2.05) is 31.2 Å². The molecule has 0 spiro atoms. The zero-order chi connectivity index (χ0) is 15.1. The van der Waals surface area contributed by atoms with Gasteiger partial charge in [-0.1, -0.05) is 12.1 Å². The van der Waals surface area contributed by atoms with E-state index in [1.165, 1.54) is 0 Å². The number of ether oxygens (including phenoxy) is 2. The minimum atomic E-state index is -1.04. The summed E-state index contributed by atoms with van der Waals surface area (Å²) in [5.41, 5.74) is 1.13. The molecule has 0 aliphatic heterocycles. The van der Waals surface area contributed by atoms with Gasteiger partial charge in [0.2, 0.25) is 11.8 Å². The molecule has 0 aliphatic rings. The van der Waals surface area contributed by atoms with Crippen molar-refractivity contribution in [1.29, 1.82) is 0 Å². The van der Waals surface area contributed by atoms with Crippen LogP contribution in [0.1, 0.15) is 17.3 Å². The predicted molar refractivity (Wildman–Crippen MR) is 72.0 cm³/mol. The Morgan fingerprint density at radius 3 is 2.90 bits per heavy atom. The highest BCUT2D eigenvalue weighted by molar-refractivity contribution is 5.67. The molecule has 0 unspecified atom stereocenters. The maximum absolute atomic E-state index is 10.3. The second-order valence-electron chi connectivity index (χ2n) is 4.39. The lowest BCUT2D eigenvalue weighted by Gasteiger charge is -2.04. The normalized spacial score (nSPS) is 10.5. The van der Waals surface area contributed by atoms with E-state index in [-0.39, 0.29) is 12.5 Å². The number of carbonyl (C=O) groups is 1. The van der Waals surface area contributed by atoms with Crippen LogP contribution in [0, 0.1) is 6.92 Å². The fraction of sp³-hybridized carbons (Fsp3) is 0.357. The van der Waals surface area contributed by atoms with Crippen LogP contribution < -0.4 is 4.74 Å². The molecule has 0 atom stereocenters. The molecule has 0 amide bonds. The van der Waals surface area contributed by atoms with Gasteiger partial charge in [-0.05, 0) is 24.6 Å². The van der Waals surface area contributed by atoms with E-state index in [9.17, 15) is 4.79 Å². The van der Waals surface area contributed by atoms with Crippen molar-refractivity contribution in [3.8, 4) is 5.75 Å². The van der Waals surface area contributed by atoms with Crippen LogP contribution >= 0.6 is 0 Å². The Labute approximate surface area is 121 Å². The van der Waals surface area contributed by atoms with Crippen LogP contribution in [0.4, 0.5) is 0 Å². The molecular formula is C14H16N2O5. The fourth-order valence-corrected chi connectivity index (χ4v) is 1.63. The Morgan fingerprint density at radius 2 is 2.14 bits per heavy atom. The fourth-order valence-electron chi connectivity index (χ4n) is 1.63. The number of hydrogen-bond acceptors (Lipinski definition) is 6. The average molecular weight is 292 g/mol. The molecule has 2 rings (SSSR count). The molecule has 1 heterocycles. The summed E-state index contributed by atoms with van der Waals surface area (Å²) in [6.07, 6.45) is 0.472. The minimum absolute atomic E-state index is 0.0158. The van der Waals surface area contributed by atoms with E-state index in [4.69, 9.17) is 19.0 Å². The number of carboxylic acids is 1. The minimum Gasteiger partial charge on any atom is -0.493 e. The summed E-state index contributed by atoms with van der Waals surface area (Å²) in [5.74, 6) is 0.430. The first-order valence-corrected chi connectivity index (χ1v) is 6.44. The SMILES string of the molecule is Cc1cccc(OCCc2nnc(COCC(=O)O)o2)c1. The summed E-state index contributed by atoms with van der Waals surface area (Å²) in [6, 6.07) is 7.74. The second-order valence-corrected chi connectivity index (χ2v) is 4.39. The molecular weight excluding hydrogens is 276 g/mol. The topological polar surface area (TPSA) is 94.7 Å². The molecule has 2 aromatic rings. The molecule has 0 saturated carbocycles. The van der Waals surface area contributed by atoms with E-state index in [0.29, 0.717) is 18.9 Å². The van der Waals surface area contributed by atoms with Crippen LogP contribution in [0.2, 0.25) is 0 Å². The van der Waals surface area contributed by atoms with Gasteiger partial charge in [-0.15, -0.1) is 10.2 Å². The molecule has 1 aromatic heterocycles. The molecule has 112 valence electrons. The molecule has 7 heteroatoms. The smallest absolute Gasteiger partial charge is 0.329 e. The van der Waals surface area contributed by atoms with Crippen LogP contribution in [-0.2, 0) is 22.6 Å². The Kier molecular flexibility index (Phi) is 5.28. The third-order valence-electron chi connectivity index (χ3n) is 2.53. The van der Waals surface area contributed by atoms with Crippen molar-refractivity contribution < 1.29 is 23.8 Å². The van der Waals surface area contributed by atoms with Crippen molar-refractivity contribution in [2.45, 2.75) is 20.0 Å². The molecule has 7 nitrogen and oxygen atoms in total. The van der Waals surface area contributed by atoms with Crippen molar-refractivity contribution in [1.82, 2.24) is 10.2 Å². The predicted octanol–water partition coefficient (Wildman–Crippen LogP) is 1.60. The first-order chi connectivity index (χ1) is 10.1. The second kappa shape index (κ2) is 7.39. The standard InChI is InChI=1S/C14H16N2O5/c1-10-3-2-4-11(7-10)20-6-5-12-15-16-13(21-12)8-19-9-14(17)18/h2-4,7H,5-6,8-9H2,1H3,(H,17,18). The molecule has 0 radical (unpaired) electrons. The Morgan fingerprint density at radius 1 is 1.33 bits per heavy atom. The Hall–Kier alpha value is -2.41. The third-order valence-corrected chi connectivity index (χ3v) is 2.53. The summed E-state index contributed by atoms with van der Waals surface area (Å²) in [5, 5.41) is 16.0. The first-order valence-electron chi connectivity index (χ1n) is 6.44. The summed E-state index contributed by atoms with van der Waals surface area (Å²) < 4.78 is 15.7. The van der Waals surface area contributed by atoms with Gasteiger partial charge in [-0.25, -0.2) is 4.79 Å². The lowest BCUT2D eigenvalue weighted by molar-refractivity contribution is -0.142. The van der Waals surface area contributed by atoms with Gasteiger partial charge in [0.15, 0.2) is 0 Å². The molecule has 1 N–H and O–H groups in total. The molecule has 0 bridgehead atoms. The summed E-state index contributed by atoms with van der Waals surface area (Å²) in [4.78, 5) is 10.3. The van der Waals surface area contributed by atoms with E-state index in [1.54, 1.807) is 0 Å². The largest absolute Gasteiger partial charge is 0.493 e. The zero-order valence-corrected chi connectivity index (χ0v) is 11.6. The Bertz CT molecular complexity index is 597. The molecule has 0 saturated heterocycles. The number of rotatable bonds is 8. The van der Waals surface area contributed by atoms with Gasteiger partial charge in [0.25, 0.3) is 0 Å². The maximum Gasteiger partial charge on any atom is 0.329 e. The number of aromatic nitrogens is 2. The lowest BCUT2D eigenvalue weighted by atomic mass is 10.2. The highest BCUT2D eigenvalue weighted by atomic mass is 16.5. The van der Waals surface area contributed by atoms with Crippen LogP contribution in [0.25, 0.3) is 0 Å². The van der Waals surface area contributed by atoms with Crippen LogP contribution in [0.5, 0.6) is 5.75 Å². The quantitative estimate of drug-likeness (QED) is 0.789. The number of hydrogen-bond donors (Lipinski definition) is 1. The lowest BCUT2D eigenvalue weighted by Crippen LogP contribution is -2.06. The van der Waals surface area contributed by atoms with Gasteiger partial charge in [-0.3, -0.25) is 0 Å². The number of carboxylic acid groups (broad SMARTS) is 1. The number of benzene rings is 1. The van der Waals surface area contributed by atoms with Crippen molar-refractivity contribution >= 4 is 5.97 Å². The number of aliphatic carboxylic acids is 1. The molecule has 1 aromatic carbocycles.